The summed E-state index contributed by atoms with van der Waals surface area (Å²) in [7, 11) is 1.62. The molecule has 0 aliphatic heterocycles. The van der Waals surface area contributed by atoms with Gasteiger partial charge in [-0.25, -0.2) is 0 Å². The van der Waals surface area contributed by atoms with Crippen LogP contribution < -0.4 is 14.8 Å². The Morgan fingerprint density at radius 2 is 1.89 bits per heavy atom. The molecule has 1 aliphatic rings. The van der Waals surface area contributed by atoms with Crippen LogP contribution in [-0.2, 0) is 9.53 Å². The second-order valence-corrected chi connectivity index (χ2v) is 9.30. The summed E-state index contributed by atoms with van der Waals surface area (Å²) in [4.78, 5) is 13.4. The number of carbonyl (C=O) groups is 1. The molecular formula is C29H31Cl2NO4. The Hall–Kier alpha value is -2.83. The first-order valence-corrected chi connectivity index (χ1v) is 12.8. The second-order valence-electron chi connectivity index (χ2n) is 8.48. The summed E-state index contributed by atoms with van der Waals surface area (Å²) in [5.74, 6) is 9.54. The Labute approximate surface area is 223 Å². The Morgan fingerprint density at radius 3 is 2.61 bits per heavy atom. The minimum absolute atomic E-state index is 0.00623. The third-order valence-electron chi connectivity index (χ3n) is 6.13. The summed E-state index contributed by atoms with van der Waals surface area (Å²) in [6.07, 6.45) is 9.18. The van der Waals surface area contributed by atoms with E-state index in [9.17, 15) is 4.79 Å². The van der Waals surface area contributed by atoms with Gasteiger partial charge in [0.2, 0.25) is 0 Å². The highest BCUT2D eigenvalue weighted by Gasteiger charge is 2.31. The molecule has 190 valence electrons. The molecule has 1 fully saturated rings. The van der Waals surface area contributed by atoms with Gasteiger partial charge in [0.05, 0.1) is 17.2 Å². The van der Waals surface area contributed by atoms with E-state index in [0.717, 1.165) is 37.7 Å². The van der Waals surface area contributed by atoms with Gasteiger partial charge in [0, 0.05) is 18.4 Å². The van der Waals surface area contributed by atoms with Crippen molar-refractivity contribution < 1.29 is 19.0 Å². The molecule has 0 saturated heterocycles. The molecule has 0 spiro atoms. The van der Waals surface area contributed by atoms with Crippen LogP contribution in [0.2, 0.25) is 10.0 Å². The maximum Gasteiger partial charge on any atom is 0.254 e. The number of rotatable bonds is 9. The second kappa shape index (κ2) is 14.0. The molecule has 3 rings (SSSR count). The average molecular weight is 528 g/mol. The maximum atomic E-state index is 13.4. The van der Waals surface area contributed by atoms with Crippen LogP contribution in [0, 0.1) is 24.2 Å². The SMILES string of the molecule is C#CCOC(C(=O)N[C@H]1CCCC[C@@H]1c1ccc(OCC#CCC)c(OC)c1)c1ccc(Cl)c(Cl)c1. The van der Waals surface area contributed by atoms with Crippen molar-refractivity contribution in [1.29, 1.82) is 0 Å². The molecule has 0 radical (unpaired) electrons. The first-order chi connectivity index (χ1) is 17.5. The number of carbonyl (C=O) groups excluding carboxylic acids is 1. The lowest BCUT2D eigenvalue weighted by Crippen LogP contribution is -2.43. The standard InChI is InChI=1S/C29H31Cl2NO4/c1-4-6-9-17-35-26-15-13-20(19-27(26)34-3)22-10-7-8-11-25(22)32-29(33)28(36-16-5-2)21-12-14-23(30)24(31)18-21/h2,12-15,18-19,22,25,28H,4,7-8,10-11,16-17H2,1,3H3,(H,32,33)/t22-,25+,28?/m1/s1. The molecule has 1 amide bonds. The van der Waals surface area contributed by atoms with Gasteiger partial charge in [-0.05, 0) is 48.2 Å². The molecule has 2 aromatic carbocycles. The average Bonchev–Trinajstić information content (AvgIpc) is 2.89. The third kappa shape index (κ3) is 7.34. The summed E-state index contributed by atoms with van der Waals surface area (Å²) in [5, 5.41) is 3.96. The predicted octanol–water partition coefficient (Wildman–Crippen LogP) is 6.33. The summed E-state index contributed by atoms with van der Waals surface area (Å²) in [5.41, 5.74) is 1.68. The van der Waals surface area contributed by atoms with Crippen molar-refractivity contribution in [2.45, 2.75) is 57.1 Å². The van der Waals surface area contributed by atoms with E-state index < -0.39 is 6.10 Å². The van der Waals surface area contributed by atoms with Crippen LogP contribution in [0.15, 0.2) is 36.4 Å². The quantitative estimate of drug-likeness (QED) is 0.387. The lowest BCUT2D eigenvalue weighted by molar-refractivity contribution is -0.133. The van der Waals surface area contributed by atoms with Crippen molar-refractivity contribution in [2.24, 2.45) is 0 Å². The molecule has 1 aliphatic carbocycles. The van der Waals surface area contributed by atoms with Crippen molar-refractivity contribution in [3.63, 3.8) is 0 Å². The highest BCUT2D eigenvalue weighted by molar-refractivity contribution is 6.42. The highest BCUT2D eigenvalue weighted by Crippen LogP contribution is 2.38. The number of amides is 1. The molecule has 7 heteroatoms. The molecular weight excluding hydrogens is 497 g/mol. The Balaban J connectivity index is 1.80. The molecule has 36 heavy (non-hydrogen) atoms. The molecule has 1 N–H and O–H groups in total. The fourth-order valence-electron chi connectivity index (χ4n) is 4.42. The van der Waals surface area contributed by atoms with Gasteiger partial charge in [-0.15, -0.1) is 12.3 Å². The Morgan fingerprint density at radius 1 is 1.08 bits per heavy atom. The topological polar surface area (TPSA) is 56.8 Å². The van der Waals surface area contributed by atoms with Crippen LogP contribution in [0.25, 0.3) is 0 Å². The Kier molecular flexibility index (Phi) is 10.8. The van der Waals surface area contributed by atoms with Crippen LogP contribution in [-0.4, -0.2) is 32.3 Å². The van der Waals surface area contributed by atoms with E-state index >= 15 is 0 Å². The van der Waals surface area contributed by atoms with Gasteiger partial charge in [0.15, 0.2) is 17.6 Å². The fraction of sp³-hybridized carbons (Fsp3) is 0.414. The van der Waals surface area contributed by atoms with Crippen molar-refractivity contribution in [2.75, 3.05) is 20.3 Å². The number of halogens is 2. The molecule has 0 heterocycles. The van der Waals surface area contributed by atoms with Gasteiger partial charge >= 0.3 is 0 Å². The van der Waals surface area contributed by atoms with E-state index in [0.29, 0.717) is 33.7 Å². The van der Waals surface area contributed by atoms with Gasteiger partial charge in [0.1, 0.15) is 13.2 Å². The molecule has 1 unspecified atom stereocenters. The van der Waals surface area contributed by atoms with Gasteiger partial charge < -0.3 is 19.5 Å². The van der Waals surface area contributed by atoms with Crippen LogP contribution in [0.4, 0.5) is 0 Å². The summed E-state index contributed by atoms with van der Waals surface area (Å²) < 4.78 is 17.1. The van der Waals surface area contributed by atoms with E-state index in [4.69, 9.17) is 43.8 Å². The minimum atomic E-state index is -0.895. The van der Waals surface area contributed by atoms with E-state index in [1.807, 2.05) is 25.1 Å². The minimum Gasteiger partial charge on any atom is -0.493 e. The molecule has 0 aromatic heterocycles. The third-order valence-corrected chi connectivity index (χ3v) is 6.87. The van der Waals surface area contributed by atoms with Crippen molar-refractivity contribution in [1.82, 2.24) is 5.32 Å². The Bertz CT molecular complexity index is 1150. The summed E-state index contributed by atoms with van der Waals surface area (Å²) >= 11 is 12.2. The first-order valence-electron chi connectivity index (χ1n) is 12.0. The van der Waals surface area contributed by atoms with E-state index in [2.05, 4.69) is 23.1 Å². The molecule has 3 atom stereocenters. The molecule has 1 saturated carbocycles. The number of benzene rings is 2. The van der Waals surface area contributed by atoms with Crippen LogP contribution in [0.3, 0.4) is 0 Å². The van der Waals surface area contributed by atoms with Crippen LogP contribution >= 0.6 is 23.2 Å². The van der Waals surface area contributed by atoms with Crippen molar-refractivity contribution >= 4 is 29.1 Å². The summed E-state index contributed by atoms with van der Waals surface area (Å²) in [6, 6.07) is 10.9. The maximum absolute atomic E-state index is 13.4. The number of hydrogen-bond acceptors (Lipinski definition) is 4. The van der Waals surface area contributed by atoms with Crippen molar-refractivity contribution in [3.05, 3.63) is 57.6 Å². The van der Waals surface area contributed by atoms with Gasteiger partial charge in [-0.3, -0.25) is 4.79 Å². The number of methoxy groups -OCH3 is 1. The first kappa shape index (κ1) is 27.8. The van der Waals surface area contributed by atoms with Gasteiger partial charge in [0.25, 0.3) is 5.91 Å². The monoisotopic (exact) mass is 527 g/mol. The summed E-state index contributed by atoms with van der Waals surface area (Å²) in [6.45, 7) is 2.29. The van der Waals surface area contributed by atoms with E-state index in [1.165, 1.54) is 0 Å². The van der Waals surface area contributed by atoms with Crippen LogP contribution in [0.5, 0.6) is 11.5 Å². The van der Waals surface area contributed by atoms with Gasteiger partial charge in [-0.2, -0.15) is 0 Å². The molecule has 5 nitrogen and oxygen atoms in total. The normalized spacial score (nSPS) is 17.8. The number of nitrogens with one attached hydrogen (secondary N) is 1. The lowest BCUT2D eigenvalue weighted by atomic mass is 9.79. The van der Waals surface area contributed by atoms with E-state index in [1.54, 1.807) is 25.3 Å². The van der Waals surface area contributed by atoms with Crippen LogP contribution in [0.1, 0.15) is 62.2 Å². The highest BCUT2D eigenvalue weighted by atomic mass is 35.5. The number of terminal acetylenes is 1. The number of ether oxygens (including phenoxy) is 3. The number of hydrogen-bond donors (Lipinski definition) is 1. The van der Waals surface area contributed by atoms with Crippen molar-refractivity contribution in [3.8, 4) is 35.7 Å². The zero-order valence-electron chi connectivity index (χ0n) is 20.6. The van der Waals surface area contributed by atoms with Gasteiger partial charge in [-0.1, -0.05) is 66.9 Å². The molecule has 2 aromatic rings. The zero-order chi connectivity index (χ0) is 25.9. The lowest BCUT2D eigenvalue weighted by Gasteiger charge is -2.34. The largest absolute Gasteiger partial charge is 0.493 e. The molecule has 0 bridgehead atoms. The smallest absolute Gasteiger partial charge is 0.254 e. The zero-order valence-corrected chi connectivity index (χ0v) is 22.1. The fourth-order valence-corrected chi connectivity index (χ4v) is 4.72. The van der Waals surface area contributed by atoms with E-state index in [-0.39, 0.29) is 24.5 Å². The predicted molar refractivity (Wildman–Crippen MR) is 144 cm³/mol.